The van der Waals surface area contributed by atoms with Crippen LogP contribution in [0.3, 0.4) is 0 Å². The normalized spacial score (nSPS) is 25.1. The Labute approximate surface area is 205 Å². The van der Waals surface area contributed by atoms with Crippen molar-refractivity contribution in [3.63, 3.8) is 0 Å². The summed E-state index contributed by atoms with van der Waals surface area (Å²) in [4.78, 5) is 25.7. The lowest BCUT2D eigenvalue weighted by Gasteiger charge is -2.18. The number of imidazole rings is 1. The lowest BCUT2D eigenvalue weighted by molar-refractivity contribution is -0.0508. The van der Waals surface area contributed by atoms with Crippen molar-refractivity contribution < 1.29 is 23.8 Å². The van der Waals surface area contributed by atoms with Gasteiger partial charge in [-0.2, -0.15) is 0 Å². The summed E-state index contributed by atoms with van der Waals surface area (Å²) in [6.45, 7) is -0.515. The summed E-state index contributed by atoms with van der Waals surface area (Å²) in [7, 11) is 0. The summed E-state index contributed by atoms with van der Waals surface area (Å²) in [5.41, 5.74) is 3.66. The van der Waals surface area contributed by atoms with Gasteiger partial charge in [0.25, 0.3) is 0 Å². The number of benzene rings is 2. The number of ether oxygens (including phenoxy) is 2. The number of nitrogens with one attached hydrogen (secondary N) is 1. The lowest BCUT2D eigenvalue weighted by Crippen LogP contribution is -2.35. The molecule has 2 N–H and O–H groups in total. The summed E-state index contributed by atoms with van der Waals surface area (Å²) in [5.74, 6) is -0.147. The number of anilines is 1. The second kappa shape index (κ2) is 9.29. The first-order chi connectivity index (χ1) is 17.6. The molecule has 2 aromatic carbocycles. The van der Waals surface area contributed by atoms with E-state index in [4.69, 9.17) is 9.47 Å². The zero-order chi connectivity index (χ0) is 24.6. The molecule has 184 valence electrons. The number of fused-ring (bicyclic) bond motifs is 2. The molecule has 0 radical (unpaired) electrons. The first-order valence-electron chi connectivity index (χ1n) is 11.8. The SMILES string of the molecule is O=C(O[C@H]1[C@H](F)[C@H](n2cnc3c(N[C@H]4CCc5ccccc54)ncnc32)O[C@H]1CO)c1ccccc1. The number of esters is 1. The Balaban J connectivity index is 1.26. The average molecular weight is 490 g/mol. The van der Waals surface area contributed by atoms with E-state index >= 15 is 4.39 Å². The first-order valence-corrected chi connectivity index (χ1v) is 11.8. The van der Waals surface area contributed by atoms with Gasteiger partial charge in [-0.05, 0) is 36.1 Å². The van der Waals surface area contributed by atoms with Crippen LogP contribution in [0.4, 0.5) is 10.2 Å². The molecule has 0 amide bonds. The van der Waals surface area contributed by atoms with E-state index in [-0.39, 0.29) is 11.6 Å². The number of nitrogens with zero attached hydrogens (tertiary/aromatic N) is 4. The van der Waals surface area contributed by atoms with E-state index in [0.29, 0.717) is 17.0 Å². The Morgan fingerprint density at radius 1 is 1.14 bits per heavy atom. The third-order valence-corrected chi connectivity index (χ3v) is 6.78. The van der Waals surface area contributed by atoms with Gasteiger partial charge in [0.2, 0.25) is 0 Å². The monoisotopic (exact) mass is 489 g/mol. The molecule has 2 aliphatic rings. The van der Waals surface area contributed by atoms with Crippen LogP contribution in [0, 0.1) is 0 Å². The largest absolute Gasteiger partial charge is 0.453 e. The Hall–Kier alpha value is -3.89. The average Bonchev–Trinajstić information content (AvgIpc) is 3.61. The zero-order valence-corrected chi connectivity index (χ0v) is 19.2. The van der Waals surface area contributed by atoms with Gasteiger partial charge >= 0.3 is 5.97 Å². The highest BCUT2D eigenvalue weighted by molar-refractivity contribution is 5.89. The van der Waals surface area contributed by atoms with E-state index in [1.54, 1.807) is 30.3 Å². The van der Waals surface area contributed by atoms with Crippen LogP contribution in [0.1, 0.15) is 40.2 Å². The highest BCUT2D eigenvalue weighted by Crippen LogP contribution is 2.38. The van der Waals surface area contributed by atoms with Gasteiger partial charge in [-0.1, -0.05) is 42.5 Å². The van der Waals surface area contributed by atoms with Crippen LogP contribution in [-0.2, 0) is 15.9 Å². The van der Waals surface area contributed by atoms with Crippen LogP contribution in [0.25, 0.3) is 11.2 Å². The quantitative estimate of drug-likeness (QED) is 0.397. The Bertz CT molecular complexity index is 1400. The maximum Gasteiger partial charge on any atom is 0.338 e. The standard InChI is InChI=1S/C26H24FN5O4/c27-20-22(36-26(34)16-7-2-1-3-8-16)19(12-33)35-25(20)32-14-30-21-23(28-13-29-24(21)32)31-18-11-10-15-6-4-5-9-17(15)18/h1-9,13-14,18-20,22,25,33H,10-12H2,(H,28,29,31)/t18-,19-,20-,22+,25+/m0/s1. The maximum atomic E-state index is 15.6. The maximum absolute atomic E-state index is 15.6. The molecule has 0 bridgehead atoms. The number of aromatic nitrogens is 4. The van der Waals surface area contributed by atoms with Crippen LogP contribution < -0.4 is 5.32 Å². The number of aryl methyl sites for hydroxylation is 1. The van der Waals surface area contributed by atoms with E-state index in [0.717, 1.165) is 12.8 Å². The van der Waals surface area contributed by atoms with E-state index in [9.17, 15) is 9.90 Å². The molecule has 10 heteroatoms. The van der Waals surface area contributed by atoms with Crippen LogP contribution in [0.5, 0.6) is 0 Å². The zero-order valence-electron chi connectivity index (χ0n) is 19.2. The topological polar surface area (TPSA) is 111 Å². The van der Waals surface area contributed by atoms with Gasteiger partial charge in [-0.3, -0.25) is 4.57 Å². The van der Waals surface area contributed by atoms with Gasteiger partial charge in [-0.25, -0.2) is 24.1 Å². The third kappa shape index (κ3) is 3.88. The molecule has 5 atom stereocenters. The Kier molecular flexibility index (Phi) is 5.82. The van der Waals surface area contributed by atoms with Gasteiger partial charge in [0.15, 0.2) is 35.5 Å². The highest BCUT2D eigenvalue weighted by Gasteiger charge is 2.49. The fraction of sp³-hybridized carbons (Fsp3) is 0.308. The molecule has 0 saturated carbocycles. The van der Waals surface area contributed by atoms with E-state index < -0.39 is 37.2 Å². The van der Waals surface area contributed by atoms with Crippen molar-refractivity contribution >= 4 is 23.0 Å². The number of carbonyl (C=O) groups excluding carboxylic acids is 1. The number of rotatable bonds is 6. The van der Waals surface area contributed by atoms with Gasteiger partial charge in [0.05, 0.1) is 24.5 Å². The summed E-state index contributed by atoms with van der Waals surface area (Å²) < 4.78 is 28.3. The summed E-state index contributed by atoms with van der Waals surface area (Å²) in [6, 6.07) is 16.7. The minimum Gasteiger partial charge on any atom is -0.453 e. The van der Waals surface area contributed by atoms with E-state index in [1.165, 1.54) is 28.3 Å². The van der Waals surface area contributed by atoms with Crippen molar-refractivity contribution in [2.24, 2.45) is 0 Å². The number of aliphatic hydroxyl groups excluding tert-OH is 1. The van der Waals surface area contributed by atoms with E-state index in [1.807, 2.05) is 12.1 Å². The predicted molar refractivity (Wildman–Crippen MR) is 128 cm³/mol. The number of hydrogen-bond acceptors (Lipinski definition) is 8. The number of hydrogen-bond donors (Lipinski definition) is 2. The first kappa shape index (κ1) is 22.6. The molecule has 4 aromatic rings. The minimum absolute atomic E-state index is 0.0849. The van der Waals surface area contributed by atoms with Crippen LogP contribution in [0.2, 0.25) is 0 Å². The Morgan fingerprint density at radius 3 is 2.78 bits per heavy atom. The number of carbonyl (C=O) groups is 1. The molecule has 1 fully saturated rings. The van der Waals surface area contributed by atoms with Crippen molar-refractivity contribution in [1.82, 2.24) is 19.5 Å². The second-order valence-electron chi connectivity index (χ2n) is 8.91. The molecule has 3 heterocycles. The Morgan fingerprint density at radius 2 is 1.94 bits per heavy atom. The van der Waals surface area contributed by atoms with Crippen LogP contribution >= 0.6 is 0 Å². The van der Waals surface area contributed by atoms with Crippen molar-refractivity contribution in [3.8, 4) is 0 Å². The van der Waals surface area contributed by atoms with Crippen molar-refractivity contribution in [3.05, 3.63) is 83.9 Å². The summed E-state index contributed by atoms with van der Waals surface area (Å²) in [6.07, 6.45) is -0.541. The second-order valence-corrected chi connectivity index (χ2v) is 8.91. The minimum atomic E-state index is -1.75. The fourth-order valence-electron chi connectivity index (χ4n) is 4.99. The van der Waals surface area contributed by atoms with Gasteiger partial charge in [-0.15, -0.1) is 0 Å². The van der Waals surface area contributed by atoms with Crippen LogP contribution in [-0.4, -0.2) is 55.6 Å². The molecule has 1 saturated heterocycles. The van der Waals surface area contributed by atoms with E-state index in [2.05, 4.69) is 32.4 Å². The van der Waals surface area contributed by atoms with Crippen molar-refractivity contribution in [2.75, 3.05) is 11.9 Å². The van der Waals surface area contributed by atoms with Crippen molar-refractivity contribution in [1.29, 1.82) is 0 Å². The smallest absolute Gasteiger partial charge is 0.338 e. The highest BCUT2D eigenvalue weighted by atomic mass is 19.1. The van der Waals surface area contributed by atoms with Crippen molar-refractivity contribution in [2.45, 2.75) is 43.5 Å². The summed E-state index contributed by atoms with van der Waals surface area (Å²) >= 11 is 0. The van der Waals surface area contributed by atoms with Gasteiger partial charge in [0.1, 0.15) is 12.4 Å². The number of halogens is 1. The molecule has 9 nitrogen and oxygen atoms in total. The molecular formula is C26H24FN5O4. The number of aliphatic hydroxyl groups is 1. The molecule has 0 spiro atoms. The molecule has 0 unspecified atom stereocenters. The summed E-state index contributed by atoms with van der Waals surface area (Å²) in [5, 5.41) is 13.3. The molecule has 36 heavy (non-hydrogen) atoms. The molecule has 1 aliphatic heterocycles. The van der Waals surface area contributed by atoms with Gasteiger partial charge in [0, 0.05) is 0 Å². The molecule has 6 rings (SSSR count). The molecular weight excluding hydrogens is 465 g/mol. The molecule has 2 aromatic heterocycles. The van der Waals surface area contributed by atoms with Crippen LogP contribution in [0.15, 0.2) is 67.3 Å². The lowest BCUT2D eigenvalue weighted by atomic mass is 10.1. The third-order valence-electron chi connectivity index (χ3n) is 6.78. The molecule has 1 aliphatic carbocycles. The fourth-order valence-corrected chi connectivity index (χ4v) is 4.99. The predicted octanol–water partition coefficient (Wildman–Crippen LogP) is 3.38. The number of alkyl halides is 1. The van der Waals surface area contributed by atoms with Gasteiger partial charge < -0.3 is 19.9 Å².